The van der Waals surface area contributed by atoms with E-state index in [1.807, 2.05) is 18.2 Å². The van der Waals surface area contributed by atoms with Crippen molar-refractivity contribution < 1.29 is 9.53 Å². The van der Waals surface area contributed by atoms with Crippen molar-refractivity contribution in [2.45, 2.75) is 31.8 Å². The highest BCUT2D eigenvalue weighted by Crippen LogP contribution is 2.24. The zero-order valence-electron chi connectivity index (χ0n) is 11.8. The first-order chi connectivity index (χ1) is 9.02. The summed E-state index contributed by atoms with van der Waals surface area (Å²) in [5.41, 5.74) is 1.20. The summed E-state index contributed by atoms with van der Waals surface area (Å²) in [7, 11) is 1.44. The van der Waals surface area contributed by atoms with Crippen LogP contribution in [-0.4, -0.2) is 37.7 Å². The van der Waals surface area contributed by atoms with E-state index in [4.69, 9.17) is 4.74 Å². The molecule has 1 aromatic carbocycles. The predicted octanol–water partition coefficient (Wildman–Crippen LogP) is 1.81. The van der Waals surface area contributed by atoms with Crippen LogP contribution in [0.4, 0.5) is 5.69 Å². The molecule has 1 heterocycles. The van der Waals surface area contributed by atoms with Gasteiger partial charge >= 0.3 is 5.97 Å². The van der Waals surface area contributed by atoms with Gasteiger partial charge in [0, 0.05) is 24.3 Å². The summed E-state index contributed by atoms with van der Waals surface area (Å²) < 4.78 is 4.80. The molecule has 4 heteroatoms. The van der Waals surface area contributed by atoms with E-state index in [1.54, 1.807) is 0 Å². The molecule has 1 unspecified atom stereocenters. The number of carbonyl (C=O) groups excluding carboxylic acids is 1. The van der Waals surface area contributed by atoms with E-state index in [1.165, 1.54) is 7.11 Å². The number of piperazine rings is 1. The number of rotatable bonds is 3. The number of esters is 1. The van der Waals surface area contributed by atoms with Gasteiger partial charge in [0.15, 0.2) is 0 Å². The Balaban J connectivity index is 2.19. The summed E-state index contributed by atoms with van der Waals surface area (Å²) >= 11 is 0. The van der Waals surface area contributed by atoms with Crippen LogP contribution in [0, 0.1) is 0 Å². The molecule has 1 N–H and O–H groups in total. The highest BCUT2D eigenvalue weighted by molar-refractivity contribution is 5.71. The first-order valence-corrected chi connectivity index (χ1v) is 6.65. The van der Waals surface area contributed by atoms with Crippen molar-refractivity contribution in [3.05, 3.63) is 30.3 Å². The number of para-hydroxylation sites is 1. The van der Waals surface area contributed by atoms with Gasteiger partial charge in [0.05, 0.1) is 19.6 Å². The molecular formula is C15H22N2O2. The lowest BCUT2D eigenvalue weighted by atomic mass is 9.96. The molecule has 0 amide bonds. The second-order valence-electron chi connectivity index (χ2n) is 5.66. The van der Waals surface area contributed by atoms with Gasteiger partial charge < -0.3 is 15.0 Å². The first-order valence-electron chi connectivity index (χ1n) is 6.65. The Bertz CT molecular complexity index is 431. The third-order valence-electron chi connectivity index (χ3n) is 3.54. The van der Waals surface area contributed by atoms with Crippen molar-refractivity contribution >= 4 is 11.7 Å². The van der Waals surface area contributed by atoms with Crippen molar-refractivity contribution in [1.82, 2.24) is 5.32 Å². The van der Waals surface area contributed by atoms with Gasteiger partial charge in [0.2, 0.25) is 0 Å². The van der Waals surface area contributed by atoms with Gasteiger partial charge in [-0.05, 0) is 26.0 Å². The molecule has 0 radical (unpaired) electrons. The van der Waals surface area contributed by atoms with Crippen LogP contribution in [0.15, 0.2) is 30.3 Å². The molecule has 1 fully saturated rings. The van der Waals surface area contributed by atoms with Gasteiger partial charge in [-0.15, -0.1) is 0 Å². The molecule has 0 saturated carbocycles. The number of hydrogen-bond donors (Lipinski definition) is 1. The lowest BCUT2D eigenvalue weighted by Crippen LogP contribution is -2.62. The summed E-state index contributed by atoms with van der Waals surface area (Å²) in [6, 6.07) is 10.4. The van der Waals surface area contributed by atoms with E-state index < -0.39 is 0 Å². The molecule has 19 heavy (non-hydrogen) atoms. The highest BCUT2D eigenvalue weighted by Gasteiger charge is 2.33. The van der Waals surface area contributed by atoms with E-state index in [0.29, 0.717) is 6.42 Å². The Morgan fingerprint density at radius 1 is 1.42 bits per heavy atom. The van der Waals surface area contributed by atoms with E-state index >= 15 is 0 Å². The molecule has 1 aromatic rings. The Kier molecular flexibility index (Phi) is 4.10. The molecule has 1 atom stereocenters. The molecule has 1 saturated heterocycles. The van der Waals surface area contributed by atoms with Crippen molar-refractivity contribution in [3.63, 3.8) is 0 Å². The number of methoxy groups -OCH3 is 1. The van der Waals surface area contributed by atoms with Crippen LogP contribution in [0.3, 0.4) is 0 Å². The molecule has 0 spiro atoms. The highest BCUT2D eigenvalue weighted by atomic mass is 16.5. The van der Waals surface area contributed by atoms with Crippen molar-refractivity contribution in [2.24, 2.45) is 0 Å². The number of hydrogen-bond acceptors (Lipinski definition) is 4. The van der Waals surface area contributed by atoms with Gasteiger partial charge in [0.25, 0.3) is 0 Å². The fourth-order valence-electron chi connectivity index (χ4n) is 2.49. The number of anilines is 1. The molecular weight excluding hydrogens is 240 g/mol. The maximum absolute atomic E-state index is 11.5. The van der Waals surface area contributed by atoms with Crippen LogP contribution in [0.2, 0.25) is 0 Å². The molecule has 4 nitrogen and oxygen atoms in total. The zero-order valence-corrected chi connectivity index (χ0v) is 11.8. The van der Waals surface area contributed by atoms with Crippen LogP contribution in [0.5, 0.6) is 0 Å². The van der Waals surface area contributed by atoms with Gasteiger partial charge in [-0.25, -0.2) is 0 Å². The average molecular weight is 262 g/mol. The third kappa shape index (κ3) is 3.47. The molecule has 104 valence electrons. The van der Waals surface area contributed by atoms with Crippen LogP contribution in [0.25, 0.3) is 0 Å². The minimum Gasteiger partial charge on any atom is -0.469 e. The number of carbonyl (C=O) groups is 1. The number of nitrogens with zero attached hydrogens (tertiary/aromatic N) is 1. The van der Waals surface area contributed by atoms with Crippen LogP contribution >= 0.6 is 0 Å². The molecule has 0 aromatic heterocycles. The van der Waals surface area contributed by atoms with Gasteiger partial charge in [-0.3, -0.25) is 4.79 Å². The van der Waals surface area contributed by atoms with E-state index in [-0.39, 0.29) is 17.6 Å². The molecule has 0 bridgehead atoms. The van der Waals surface area contributed by atoms with E-state index in [0.717, 1.165) is 18.8 Å². The fraction of sp³-hybridized carbons (Fsp3) is 0.533. The standard InChI is InChI=1S/C15H22N2O2/c1-15(2)11-17(12-7-5-4-6-8-12)13(10-16-15)9-14(18)19-3/h4-8,13,16H,9-11H2,1-3H3. The molecule has 1 aliphatic heterocycles. The van der Waals surface area contributed by atoms with Crippen molar-refractivity contribution in [2.75, 3.05) is 25.1 Å². The van der Waals surface area contributed by atoms with E-state index in [9.17, 15) is 4.79 Å². The summed E-state index contributed by atoms with van der Waals surface area (Å²) in [6.45, 7) is 6.02. The summed E-state index contributed by atoms with van der Waals surface area (Å²) in [5, 5.41) is 3.49. The number of benzene rings is 1. The van der Waals surface area contributed by atoms with Crippen molar-refractivity contribution in [1.29, 1.82) is 0 Å². The second-order valence-corrected chi connectivity index (χ2v) is 5.66. The van der Waals surface area contributed by atoms with Crippen LogP contribution < -0.4 is 10.2 Å². The molecule has 1 aliphatic rings. The number of ether oxygens (including phenoxy) is 1. The van der Waals surface area contributed by atoms with Crippen molar-refractivity contribution in [3.8, 4) is 0 Å². The maximum Gasteiger partial charge on any atom is 0.307 e. The normalized spacial score (nSPS) is 22.1. The lowest BCUT2D eigenvalue weighted by molar-refractivity contribution is -0.141. The third-order valence-corrected chi connectivity index (χ3v) is 3.54. The monoisotopic (exact) mass is 262 g/mol. The summed E-state index contributed by atoms with van der Waals surface area (Å²) in [6.07, 6.45) is 0.411. The van der Waals surface area contributed by atoms with Gasteiger partial charge in [0.1, 0.15) is 0 Å². The average Bonchev–Trinajstić information content (AvgIpc) is 2.41. The largest absolute Gasteiger partial charge is 0.469 e. The zero-order chi connectivity index (χ0) is 13.9. The minimum atomic E-state index is -0.160. The van der Waals surface area contributed by atoms with Gasteiger partial charge in [-0.2, -0.15) is 0 Å². The Hall–Kier alpha value is -1.55. The fourth-order valence-corrected chi connectivity index (χ4v) is 2.49. The predicted molar refractivity (Wildman–Crippen MR) is 76.3 cm³/mol. The van der Waals surface area contributed by atoms with Crippen LogP contribution in [0.1, 0.15) is 20.3 Å². The Morgan fingerprint density at radius 3 is 2.74 bits per heavy atom. The van der Waals surface area contributed by atoms with Gasteiger partial charge in [-0.1, -0.05) is 18.2 Å². The quantitative estimate of drug-likeness (QED) is 0.844. The molecule has 2 rings (SSSR count). The Morgan fingerprint density at radius 2 is 2.11 bits per heavy atom. The van der Waals surface area contributed by atoms with Crippen LogP contribution in [-0.2, 0) is 9.53 Å². The minimum absolute atomic E-state index is 0.0441. The lowest BCUT2D eigenvalue weighted by Gasteiger charge is -2.45. The number of nitrogens with one attached hydrogen (secondary N) is 1. The van der Waals surface area contributed by atoms with E-state index in [2.05, 4.69) is 36.2 Å². The summed E-state index contributed by atoms with van der Waals surface area (Å²) in [4.78, 5) is 13.8. The summed E-state index contributed by atoms with van der Waals surface area (Å²) in [5.74, 6) is -0.160. The first kappa shape index (κ1) is 13.9. The topological polar surface area (TPSA) is 41.6 Å². The second kappa shape index (κ2) is 5.61. The Labute approximate surface area is 114 Å². The SMILES string of the molecule is COC(=O)CC1CNC(C)(C)CN1c1ccccc1. The smallest absolute Gasteiger partial charge is 0.307 e. The maximum atomic E-state index is 11.5. The molecule has 0 aliphatic carbocycles.